The molecule has 0 aromatic rings. The molecule has 0 aliphatic rings. The van der Waals surface area contributed by atoms with Crippen LogP contribution in [0.5, 0.6) is 0 Å². The summed E-state index contributed by atoms with van der Waals surface area (Å²) in [6.45, 7) is 4.56. The highest BCUT2D eigenvalue weighted by Crippen LogP contribution is 2.09. The van der Waals surface area contributed by atoms with Crippen LogP contribution in [0.15, 0.2) is 12.7 Å². The fourth-order valence-electron chi connectivity index (χ4n) is 0.503. The molecule has 9 heavy (non-hydrogen) atoms. The topological polar surface area (TPSA) is 9.23 Å². The standard InChI is InChI=1S/C7H15OP/c1-3-4-6-9-7-5-8-2/h3,9H,1,4-7H2,2H3. The second-order valence-electron chi connectivity index (χ2n) is 1.82. The molecular formula is C7H15OP. The lowest BCUT2D eigenvalue weighted by Crippen LogP contribution is -1.90. The van der Waals surface area contributed by atoms with Crippen molar-refractivity contribution >= 4 is 8.58 Å². The quantitative estimate of drug-likeness (QED) is 0.316. The Balaban J connectivity index is 2.66. The Bertz CT molecular complexity index is 63.9. The van der Waals surface area contributed by atoms with Crippen molar-refractivity contribution in [2.45, 2.75) is 6.42 Å². The smallest absolute Gasteiger partial charge is 0.0499 e. The van der Waals surface area contributed by atoms with Gasteiger partial charge in [0, 0.05) is 13.7 Å². The Labute approximate surface area is 59.3 Å². The predicted octanol–water partition coefficient (Wildman–Crippen LogP) is 1.89. The van der Waals surface area contributed by atoms with Crippen molar-refractivity contribution in [3.63, 3.8) is 0 Å². The van der Waals surface area contributed by atoms with E-state index < -0.39 is 0 Å². The van der Waals surface area contributed by atoms with Gasteiger partial charge >= 0.3 is 0 Å². The van der Waals surface area contributed by atoms with Crippen LogP contribution in [-0.4, -0.2) is 26.0 Å². The van der Waals surface area contributed by atoms with Crippen molar-refractivity contribution in [3.8, 4) is 0 Å². The minimum absolute atomic E-state index is 0.912. The molecule has 0 heterocycles. The molecule has 0 aromatic heterocycles. The highest BCUT2D eigenvalue weighted by Gasteiger charge is 1.83. The normalized spacial score (nSPS) is 10.8. The maximum absolute atomic E-state index is 4.90. The second kappa shape index (κ2) is 8.13. The van der Waals surface area contributed by atoms with Crippen LogP contribution in [0.1, 0.15) is 6.42 Å². The van der Waals surface area contributed by atoms with Crippen molar-refractivity contribution < 1.29 is 4.74 Å². The van der Waals surface area contributed by atoms with Crippen molar-refractivity contribution in [2.24, 2.45) is 0 Å². The predicted molar refractivity (Wildman–Crippen MR) is 44.7 cm³/mol. The number of rotatable bonds is 6. The summed E-state index contributed by atoms with van der Waals surface area (Å²) in [4.78, 5) is 0. The van der Waals surface area contributed by atoms with Crippen molar-refractivity contribution in [3.05, 3.63) is 12.7 Å². The molecule has 0 aliphatic heterocycles. The van der Waals surface area contributed by atoms with Crippen LogP contribution in [0, 0.1) is 0 Å². The first-order valence-electron chi connectivity index (χ1n) is 3.22. The summed E-state index contributed by atoms with van der Waals surface area (Å²) in [6, 6.07) is 0. The molecule has 1 nitrogen and oxygen atoms in total. The van der Waals surface area contributed by atoms with Gasteiger partial charge in [0.1, 0.15) is 0 Å². The first-order valence-corrected chi connectivity index (χ1v) is 4.63. The Hall–Kier alpha value is 0.130. The van der Waals surface area contributed by atoms with Crippen molar-refractivity contribution in [1.29, 1.82) is 0 Å². The molecule has 0 N–H and O–H groups in total. The van der Waals surface area contributed by atoms with Gasteiger partial charge in [0.15, 0.2) is 0 Å². The van der Waals surface area contributed by atoms with E-state index in [-0.39, 0.29) is 0 Å². The molecule has 1 unspecified atom stereocenters. The lowest BCUT2D eigenvalue weighted by Gasteiger charge is -1.96. The number of hydrogen-bond acceptors (Lipinski definition) is 1. The Morgan fingerprint density at radius 3 is 2.89 bits per heavy atom. The van der Waals surface area contributed by atoms with E-state index >= 15 is 0 Å². The zero-order valence-corrected chi connectivity index (χ0v) is 7.02. The number of allylic oxidation sites excluding steroid dienone is 1. The Kier molecular flexibility index (Phi) is 8.25. The van der Waals surface area contributed by atoms with E-state index in [0.29, 0.717) is 0 Å². The molecule has 54 valence electrons. The van der Waals surface area contributed by atoms with Gasteiger partial charge in [-0.15, -0.1) is 15.2 Å². The number of hydrogen-bond donors (Lipinski definition) is 0. The van der Waals surface area contributed by atoms with E-state index in [4.69, 9.17) is 4.74 Å². The molecule has 2 heteroatoms. The molecule has 0 spiro atoms. The second-order valence-corrected chi connectivity index (χ2v) is 3.32. The van der Waals surface area contributed by atoms with E-state index in [1.165, 1.54) is 12.3 Å². The SMILES string of the molecule is C=CCCPCCOC. The highest BCUT2D eigenvalue weighted by molar-refractivity contribution is 7.37. The number of methoxy groups -OCH3 is 1. The fraction of sp³-hybridized carbons (Fsp3) is 0.714. The summed E-state index contributed by atoms with van der Waals surface area (Å²) in [5, 5.41) is 0. The third-order valence-electron chi connectivity index (χ3n) is 1.01. The van der Waals surface area contributed by atoms with Crippen LogP contribution >= 0.6 is 8.58 Å². The third-order valence-corrected chi connectivity index (χ3v) is 2.21. The number of ether oxygens (including phenoxy) is 1. The summed E-state index contributed by atoms with van der Waals surface area (Å²) in [5.74, 6) is 0. The summed E-state index contributed by atoms with van der Waals surface area (Å²) < 4.78 is 4.90. The van der Waals surface area contributed by atoms with Gasteiger partial charge in [0.25, 0.3) is 0 Å². The van der Waals surface area contributed by atoms with Gasteiger partial charge in [-0.3, -0.25) is 0 Å². The van der Waals surface area contributed by atoms with E-state index in [1.807, 2.05) is 6.08 Å². The molecular weight excluding hydrogens is 131 g/mol. The van der Waals surface area contributed by atoms with Crippen LogP contribution in [-0.2, 0) is 4.74 Å². The van der Waals surface area contributed by atoms with Crippen molar-refractivity contribution in [1.82, 2.24) is 0 Å². The monoisotopic (exact) mass is 146 g/mol. The Morgan fingerprint density at radius 1 is 1.56 bits per heavy atom. The summed E-state index contributed by atoms with van der Waals surface area (Å²) >= 11 is 0. The molecule has 0 amide bonds. The lowest BCUT2D eigenvalue weighted by atomic mass is 10.5. The van der Waals surface area contributed by atoms with Gasteiger partial charge in [-0.2, -0.15) is 0 Å². The van der Waals surface area contributed by atoms with E-state index in [9.17, 15) is 0 Å². The van der Waals surface area contributed by atoms with E-state index in [1.54, 1.807) is 7.11 Å². The van der Waals surface area contributed by atoms with E-state index in [2.05, 4.69) is 6.58 Å². The van der Waals surface area contributed by atoms with Gasteiger partial charge in [-0.05, 0) is 18.7 Å². The van der Waals surface area contributed by atoms with Crippen LogP contribution in [0.2, 0.25) is 0 Å². The average molecular weight is 146 g/mol. The molecule has 1 atom stereocenters. The molecule has 0 rings (SSSR count). The molecule has 0 aromatic carbocycles. The van der Waals surface area contributed by atoms with Crippen LogP contribution in [0.25, 0.3) is 0 Å². The first kappa shape index (κ1) is 9.13. The maximum Gasteiger partial charge on any atom is 0.0499 e. The highest BCUT2D eigenvalue weighted by atomic mass is 31.1. The van der Waals surface area contributed by atoms with Crippen molar-refractivity contribution in [2.75, 3.05) is 26.0 Å². The first-order chi connectivity index (χ1) is 4.41. The maximum atomic E-state index is 4.90. The molecule has 0 saturated carbocycles. The van der Waals surface area contributed by atoms with Gasteiger partial charge < -0.3 is 4.74 Å². The lowest BCUT2D eigenvalue weighted by molar-refractivity contribution is 0.218. The molecule has 0 bridgehead atoms. The largest absolute Gasteiger partial charge is 0.384 e. The van der Waals surface area contributed by atoms with Crippen LogP contribution < -0.4 is 0 Å². The van der Waals surface area contributed by atoms with Gasteiger partial charge in [-0.25, -0.2) is 0 Å². The summed E-state index contributed by atoms with van der Waals surface area (Å²) in [6.07, 6.45) is 5.62. The minimum atomic E-state index is 0.912. The summed E-state index contributed by atoms with van der Waals surface area (Å²) in [7, 11) is 2.80. The van der Waals surface area contributed by atoms with E-state index in [0.717, 1.165) is 21.6 Å². The van der Waals surface area contributed by atoms with Gasteiger partial charge in [0.2, 0.25) is 0 Å². The van der Waals surface area contributed by atoms with Crippen LogP contribution in [0.3, 0.4) is 0 Å². The average Bonchev–Trinajstić information content (AvgIpc) is 1.89. The molecule has 0 saturated heterocycles. The molecule has 0 fully saturated rings. The molecule has 0 radical (unpaired) electrons. The van der Waals surface area contributed by atoms with Gasteiger partial charge in [0.05, 0.1) is 0 Å². The van der Waals surface area contributed by atoms with Crippen LogP contribution in [0.4, 0.5) is 0 Å². The van der Waals surface area contributed by atoms with Gasteiger partial charge in [-0.1, -0.05) is 6.08 Å². The third kappa shape index (κ3) is 8.13. The minimum Gasteiger partial charge on any atom is -0.384 e. The Morgan fingerprint density at radius 2 is 2.33 bits per heavy atom. The molecule has 0 aliphatic carbocycles. The summed E-state index contributed by atoms with van der Waals surface area (Å²) in [5.41, 5.74) is 0. The zero-order valence-electron chi connectivity index (χ0n) is 6.02. The fourth-order valence-corrected chi connectivity index (χ4v) is 1.51. The zero-order chi connectivity index (χ0) is 6.95.